The zero-order valence-corrected chi connectivity index (χ0v) is 32.9. The van der Waals surface area contributed by atoms with Gasteiger partial charge >= 0.3 is 0 Å². The second-order valence-electron chi connectivity index (χ2n) is 15.3. The number of furan rings is 1. The van der Waals surface area contributed by atoms with Crippen molar-refractivity contribution in [2.75, 3.05) is 4.90 Å². The van der Waals surface area contributed by atoms with E-state index in [4.69, 9.17) is 4.42 Å². The van der Waals surface area contributed by atoms with Crippen LogP contribution in [0, 0.1) is 0 Å². The summed E-state index contributed by atoms with van der Waals surface area (Å²) in [6.45, 7) is 0. The van der Waals surface area contributed by atoms with Crippen molar-refractivity contribution < 1.29 is 4.42 Å². The number of anilines is 3. The average Bonchev–Trinajstić information content (AvgIpc) is 3.72. The van der Waals surface area contributed by atoms with E-state index in [1.165, 1.54) is 44.5 Å². The van der Waals surface area contributed by atoms with Gasteiger partial charge in [-0.2, -0.15) is 0 Å². The molecule has 2 nitrogen and oxygen atoms in total. The molecule has 1 heterocycles. The lowest BCUT2D eigenvalue weighted by Gasteiger charge is -2.28. The van der Waals surface area contributed by atoms with Crippen molar-refractivity contribution in [1.29, 1.82) is 0 Å². The number of hydrogen-bond acceptors (Lipinski definition) is 2. The Labute approximate surface area is 349 Å². The molecule has 0 amide bonds. The molecule has 11 rings (SSSR count). The van der Waals surface area contributed by atoms with E-state index in [1.807, 2.05) is 0 Å². The molecule has 0 aliphatic heterocycles. The van der Waals surface area contributed by atoms with E-state index in [0.717, 1.165) is 60.9 Å². The third-order valence-electron chi connectivity index (χ3n) is 11.7. The molecule has 0 bridgehead atoms. The highest BCUT2D eigenvalue weighted by atomic mass is 16.3. The van der Waals surface area contributed by atoms with Gasteiger partial charge in [-0.3, -0.25) is 0 Å². The van der Waals surface area contributed by atoms with Crippen LogP contribution in [0.2, 0.25) is 0 Å². The van der Waals surface area contributed by atoms with Gasteiger partial charge in [0.2, 0.25) is 0 Å². The van der Waals surface area contributed by atoms with Crippen molar-refractivity contribution in [3.05, 3.63) is 237 Å². The van der Waals surface area contributed by atoms with Gasteiger partial charge in [-0.1, -0.05) is 200 Å². The number of rotatable bonds is 8. The van der Waals surface area contributed by atoms with E-state index in [-0.39, 0.29) is 0 Å². The largest absolute Gasteiger partial charge is 0.455 e. The van der Waals surface area contributed by atoms with Crippen LogP contribution in [-0.2, 0) is 0 Å². The second-order valence-corrected chi connectivity index (χ2v) is 15.3. The number of fused-ring (bicyclic) bond motifs is 5. The minimum absolute atomic E-state index is 0.868. The van der Waals surface area contributed by atoms with Gasteiger partial charge in [0.05, 0.1) is 5.69 Å². The molecule has 0 radical (unpaired) electrons. The standard InChI is InChI=1S/C58H39NO/c1-4-16-40(17-5-1)42-30-32-43(33-31-42)44-34-36-47(37-35-44)59(48-23-14-22-46(38-48)41-18-6-2-7-19-41)55-39-54-57-52(50-25-11-10-24-49(50)45-20-8-3-9-21-45)28-15-29-56(57)60-58(54)53-27-13-12-26-51(53)55/h1-39H. The second kappa shape index (κ2) is 15.1. The van der Waals surface area contributed by atoms with Crippen molar-refractivity contribution in [3.63, 3.8) is 0 Å². The van der Waals surface area contributed by atoms with E-state index in [0.29, 0.717) is 0 Å². The van der Waals surface area contributed by atoms with Gasteiger partial charge in [0.25, 0.3) is 0 Å². The third-order valence-corrected chi connectivity index (χ3v) is 11.7. The molecule has 60 heavy (non-hydrogen) atoms. The van der Waals surface area contributed by atoms with E-state index in [1.54, 1.807) is 0 Å². The summed E-state index contributed by atoms with van der Waals surface area (Å²) in [6, 6.07) is 84.7. The fourth-order valence-electron chi connectivity index (χ4n) is 8.80. The number of benzene rings is 10. The lowest BCUT2D eigenvalue weighted by Crippen LogP contribution is -2.10. The Bertz CT molecular complexity index is 3280. The summed E-state index contributed by atoms with van der Waals surface area (Å²) in [5.41, 5.74) is 16.8. The van der Waals surface area contributed by atoms with Gasteiger partial charge < -0.3 is 9.32 Å². The van der Waals surface area contributed by atoms with Crippen LogP contribution in [0.3, 0.4) is 0 Å². The maximum atomic E-state index is 6.88. The average molecular weight is 766 g/mol. The summed E-state index contributed by atoms with van der Waals surface area (Å²) in [5.74, 6) is 0. The van der Waals surface area contributed by atoms with Gasteiger partial charge in [0.1, 0.15) is 11.2 Å². The molecule has 0 atom stereocenters. The van der Waals surface area contributed by atoms with E-state index >= 15 is 0 Å². The molecule has 0 spiro atoms. The van der Waals surface area contributed by atoms with Crippen LogP contribution in [-0.4, -0.2) is 0 Å². The Balaban J connectivity index is 1.12. The quantitative estimate of drug-likeness (QED) is 0.153. The summed E-state index contributed by atoms with van der Waals surface area (Å²) in [6.07, 6.45) is 0. The first-order chi connectivity index (χ1) is 29.8. The third kappa shape index (κ3) is 6.32. The molecular weight excluding hydrogens is 727 g/mol. The Morgan fingerprint density at radius 3 is 1.43 bits per heavy atom. The van der Waals surface area contributed by atoms with Crippen LogP contribution < -0.4 is 4.90 Å². The zero-order valence-electron chi connectivity index (χ0n) is 32.9. The molecule has 0 unspecified atom stereocenters. The summed E-state index contributed by atoms with van der Waals surface area (Å²) in [7, 11) is 0. The van der Waals surface area contributed by atoms with Crippen LogP contribution in [0.1, 0.15) is 0 Å². The molecule has 0 aliphatic rings. The Kier molecular flexibility index (Phi) is 8.87. The predicted molar refractivity (Wildman–Crippen MR) is 253 cm³/mol. The molecule has 0 saturated heterocycles. The molecule has 0 saturated carbocycles. The van der Waals surface area contributed by atoms with Crippen LogP contribution >= 0.6 is 0 Å². The first kappa shape index (κ1) is 35.2. The van der Waals surface area contributed by atoms with Crippen molar-refractivity contribution in [2.45, 2.75) is 0 Å². The SMILES string of the molecule is c1ccc(-c2ccc(-c3ccc(N(c4cccc(-c5ccccc5)c4)c4cc5c(oc6cccc(-c7ccccc7-c7ccccc7)c65)c5ccccc45)cc3)cc2)cc1. The normalized spacial score (nSPS) is 11.3. The first-order valence-corrected chi connectivity index (χ1v) is 20.5. The van der Waals surface area contributed by atoms with Gasteiger partial charge in [-0.05, 0) is 92.0 Å². The van der Waals surface area contributed by atoms with Gasteiger partial charge in [-0.15, -0.1) is 0 Å². The summed E-state index contributed by atoms with van der Waals surface area (Å²) < 4.78 is 6.88. The highest BCUT2D eigenvalue weighted by Crippen LogP contribution is 2.48. The fourth-order valence-corrected chi connectivity index (χ4v) is 8.80. The molecule has 11 aromatic rings. The maximum absolute atomic E-state index is 6.88. The molecule has 0 N–H and O–H groups in total. The highest BCUT2D eigenvalue weighted by molar-refractivity contribution is 6.23. The first-order valence-electron chi connectivity index (χ1n) is 20.5. The Morgan fingerprint density at radius 1 is 0.283 bits per heavy atom. The van der Waals surface area contributed by atoms with Crippen LogP contribution in [0.5, 0.6) is 0 Å². The van der Waals surface area contributed by atoms with Crippen molar-refractivity contribution >= 4 is 49.8 Å². The van der Waals surface area contributed by atoms with E-state index in [9.17, 15) is 0 Å². The zero-order chi connectivity index (χ0) is 39.8. The minimum Gasteiger partial charge on any atom is -0.455 e. The lowest BCUT2D eigenvalue weighted by atomic mass is 9.91. The molecule has 1 aromatic heterocycles. The maximum Gasteiger partial charge on any atom is 0.143 e. The molecule has 0 fully saturated rings. The molecule has 10 aromatic carbocycles. The van der Waals surface area contributed by atoms with Gasteiger partial charge in [0, 0.05) is 32.9 Å². The lowest BCUT2D eigenvalue weighted by molar-refractivity contribution is 0.673. The van der Waals surface area contributed by atoms with Crippen LogP contribution in [0.4, 0.5) is 17.1 Å². The van der Waals surface area contributed by atoms with Crippen LogP contribution in [0.25, 0.3) is 88.3 Å². The fraction of sp³-hybridized carbons (Fsp3) is 0. The summed E-state index contributed by atoms with van der Waals surface area (Å²) in [4.78, 5) is 2.41. The number of nitrogens with zero attached hydrogens (tertiary/aromatic N) is 1. The predicted octanol–water partition coefficient (Wildman–Crippen LogP) is 16.5. The summed E-state index contributed by atoms with van der Waals surface area (Å²) in [5, 5.41) is 4.37. The molecular formula is C58H39NO. The molecule has 282 valence electrons. The van der Waals surface area contributed by atoms with E-state index in [2.05, 4.69) is 241 Å². The van der Waals surface area contributed by atoms with E-state index < -0.39 is 0 Å². The number of hydrogen-bond donors (Lipinski definition) is 0. The van der Waals surface area contributed by atoms with Crippen LogP contribution in [0.15, 0.2) is 241 Å². The topological polar surface area (TPSA) is 16.4 Å². The Hall–Kier alpha value is -7.94. The van der Waals surface area contributed by atoms with Gasteiger partial charge in [-0.25, -0.2) is 0 Å². The van der Waals surface area contributed by atoms with Gasteiger partial charge in [0.15, 0.2) is 0 Å². The minimum atomic E-state index is 0.868. The summed E-state index contributed by atoms with van der Waals surface area (Å²) >= 11 is 0. The molecule has 2 heteroatoms. The van der Waals surface area contributed by atoms with Crippen molar-refractivity contribution in [3.8, 4) is 55.6 Å². The van der Waals surface area contributed by atoms with Crippen molar-refractivity contribution in [2.24, 2.45) is 0 Å². The Morgan fingerprint density at radius 2 is 0.767 bits per heavy atom. The highest BCUT2D eigenvalue weighted by Gasteiger charge is 2.23. The molecule has 0 aliphatic carbocycles. The van der Waals surface area contributed by atoms with Crippen molar-refractivity contribution in [1.82, 2.24) is 0 Å². The smallest absolute Gasteiger partial charge is 0.143 e. The monoisotopic (exact) mass is 765 g/mol.